The lowest BCUT2D eigenvalue weighted by Crippen LogP contribution is -2.26. The third-order valence-electron chi connectivity index (χ3n) is 2.67. The van der Waals surface area contributed by atoms with Crippen molar-refractivity contribution >= 4 is 11.6 Å². The fraction of sp³-hybridized carbons (Fsp3) is 0.200. The number of hydrogen-bond donors (Lipinski definition) is 1. The van der Waals surface area contributed by atoms with Crippen LogP contribution in [-0.4, -0.2) is 17.1 Å². The van der Waals surface area contributed by atoms with E-state index in [1.807, 2.05) is 19.1 Å². The Kier molecular flexibility index (Phi) is 4.55. The summed E-state index contributed by atoms with van der Waals surface area (Å²) in [7, 11) is 0. The molecule has 0 fully saturated rings. The zero-order chi connectivity index (χ0) is 14.4. The Labute approximate surface area is 116 Å². The molecule has 0 unspecified atom stereocenters. The molecule has 1 heterocycles. The Bertz CT molecular complexity index is 649. The van der Waals surface area contributed by atoms with E-state index in [4.69, 9.17) is 4.74 Å². The fourth-order valence-electron chi connectivity index (χ4n) is 1.79. The minimum Gasteiger partial charge on any atom is -0.492 e. The normalized spacial score (nSPS) is 10.1. The summed E-state index contributed by atoms with van der Waals surface area (Å²) in [5.74, 6) is 0.342. The average Bonchev–Trinajstić information content (AvgIpc) is 2.44. The fourth-order valence-corrected chi connectivity index (χ4v) is 1.79. The zero-order valence-electron chi connectivity index (χ0n) is 11.2. The van der Waals surface area contributed by atoms with E-state index in [0.29, 0.717) is 18.0 Å². The molecule has 0 aliphatic carbocycles. The Morgan fingerprint density at radius 3 is 2.70 bits per heavy atom. The van der Waals surface area contributed by atoms with Gasteiger partial charge >= 0.3 is 0 Å². The molecule has 2 aromatic rings. The summed E-state index contributed by atoms with van der Waals surface area (Å²) in [6.07, 6.45) is 1.58. The van der Waals surface area contributed by atoms with Crippen molar-refractivity contribution in [3.8, 4) is 5.75 Å². The summed E-state index contributed by atoms with van der Waals surface area (Å²) >= 11 is 0. The smallest absolute Gasteiger partial charge is 0.250 e. The second-order valence-electron chi connectivity index (χ2n) is 4.14. The maximum absolute atomic E-state index is 12.0. The molecule has 5 heteroatoms. The molecule has 2 rings (SSSR count). The van der Waals surface area contributed by atoms with E-state index in [1.54, 1.807) is 30.5 Å². The highest BCUT2D eigenvalue weighted by Gasteiger charge is 2.08. The maximum Gasteiger partial charge on any atom is 0.250 e. The number of para-hydroxylation sites is 2. The van der Waals surface area contributed by atoms with Crippen LogP contribution in [0.2, 0.25) is 0 Å². The molecule has 1 aromatic heterocycles. The van der Waals surface area contributed by atoms with Crippen molar-refractivity contribution in [3.05, 3.63) is 59.0 Å². The van der Waals surface area contributed by atoms with Gasteiger partial charge in [-0.15, -0.1) is 0 Å². The molecular formula is C15H16N2O3. The van der Waals surface area contributed by atoms with Crippen LogP contribution in [0.25, 0.3) is 0 Å². The molecule has 104 valence electrons. The predicted octanol–water partition coefficient (Wildman–Crippen LogP) is 1.89. The highest BCUT2D eigenvalue weighted by molar-refractivity contribution is 5.92. The van der Waals surface area contributed by atoms with Gasteiger partial charge in [0.05, 0.1) is 12.3 Å². The van der Waals surface area contributed by atoms with Crippen LogP contribution in [-0.2, 0) is 11.3 Å². The van der Waals surface area contributed by atoms with Crippen LogP contribution in [0.4, 0.5) is 5.69 Å². The largest absolute Gasteiger partial charge is 0.492 e. The van der Waals surface area contributed by atoms with E-state index in [-0.39, 0.29) is 18.0 Å². The van der Waals surface area contributed by atoms with Crippen LogP contribution in [0.5, 0.6) is 5.75 Å². The molecule has 0 spiro atoms. The summed E-state index contributed by atoms with van der Waals surface area (Å²) in [6, 6.07) is 12.0. The van der Waals surface area contributed by atoms with Crippen LogP contribution in [0.1, 0.15) is 6.92 Å². The summed E-state index contributed by atoms with van der Waals surface area (Å²) in [5, 5.41) is 2.75. The molecule has 0 aliphatic rings. The number of ether oxygens (including phenoxy) is 1. The van der Waals surface area contributed by atoms with E-state index in [2.05, 4.69) is 5.32 Å². The molecule has 20 heavy (non-hydrogen) atoms. The monoisotopic (exact) mass is 272 g/mol. The number of nitrogens with one attached hydrogen (secondary N) is 1. The first-order valence-corrected chi connectivity index (χ1v) is 6.38. The van der Waals surface area contributed by atoms with Crippen molar-refractivity contribution < 1.29 is 9.53 Å². The molecule has 1 N–H and O–H groups in total. The molecule has 0 aliphatic heterocycles. The van der Waals surface area contributed by atoms with Crippen molar-refractivity contribution in [1.82, 2.24) is 4.57 Å². The first kappa shape index (κ1) is 13.9. The summed E-state index contributed by atoms with van der Waals surface area (Å²) in [6.45, 7) is 2.37. The molecule has 1 aromatic carbocycles. The van der Waals surface area contributed by atoms with Crippen molar-refractivity contribution in [2.75, 3.05) is 11.9 Å². The SMILES string of the molecule is CCOc1ccccc1NC(=O)Cn1ccccc1=O. The Morgan fingerprint density at radius 1 is 1.20 bits per heavy atom. The number of carbonyl (C=O) groups is 1. The summed E-state index contributed by atoms with van der Waals surface area (Å²) < 4.78 is 6.77. The van der Waals surface area contributed by atoms with E-state index in [9.17, 15) is 9.59 Å². The molecule has 5 nitrogen and oxygen atoms in total. The zero-order valence-corrected chi connectivity index (χ0v) is 11.2. The summed E-state index contributed by atoms with van der Waals surface area (Å²) in [4.78, 5) is 23.5. The number of nitrogens with zero attached hydrogens (tertiary/aromatic N) is 1. The van der Waals surface area contributed by atoms with Gasteiger partial charge in [0, 0.05) is 12.3 Å². The van der Waals surface area contributed by atoms with E-state index >= 15 is 0 Å². The predicted molar refractivity (Wildman–Crippen MR) is 76.9 cm³/mol. The topological polar surface area (TPSA) is 60.3 Å². The van der Waals surface area contributed by atoms with Crippen molar-refractivity contribution in [2.24, 2.45) is 0 Å². The molecule has 0 bridgehead atoms. The van der Waals surface area contributed by atoms with Crippen LogP contribution < -0.4 is 15.6 Å². The number of benzene rings is 1. The first-order valence-electron chi connectivity index (χ1n) is 6.38. The minimum absolute atomic E-state index is 0.0276. The van der Waals surface area contributed by atoms with E-state index in [0.717, 1.165) is 0 Å². The summed E-state index contributed by atoms with van der Waals surface area (Å²) in [5.41, 5.74) is 0.393. The van der Waals surface area contributed by atoms with Crippen molar-refractivity contribution in [2.45, 2.75) is 13.5 Å². The number of hydrogen-bond acceptors (Lipinski definition) is 3. The lowest BCUT2D eigenvalue weighted by molar-refractivity contribution is -0.116. The number of rotatable bonds is 5. The molecule has 0 saturated carbocycles. The highest BCUT2D eigenvalue weighted by Crippen LogP contribution is 2.23. The number of amides is 1. The molecule has 0 atom stereocenters. The standard InChI is InChI=1S/C15H16N2O3/c1-2-20-13-8-4-3-7-12(13)16-14(18)11-17-10-6-5-9-15(17)19/h3-10H,2,11H2,1H3,(H,16,18). The lowest BCUT2D eigenvalue weighted by atomic mass is 10.3. The Hall–Kier alpha value is -2.56. The highest BCUT2D eigenvalue weighted by atomic mass is 16.5. The van der Waals surface area contributed by atoms with Gasteiger partial charge in [0.2, 0.25) is 5.91 Å². The van der Waals surface area contributed by atoms with Gasteiger partial charge in [-0.25, -0.2) is 0 Å². The molecule has 1 amide bonds. The lowest BCUT2D eigenvalue weighted by Gasteiger charge is -2.11. The number of carbonyl (C=O) groups excluding carboxylic acids is 1. The number of aromatic nitrogens is 1. The van der Waals surface area contributed by atoms with Gasteiger partial charge < -0.3 is 14.6 Å². The second kappa shape index (κ2) is 6.56. The average molecular weight is 272 g/mol. The van der Waals surface area contributed by atoms with Crippen LogP contribution in [0.3, 0.4) is 0 Å². The Balaban J connectivity index is 2.09. The van der Waals surface area contributed by atoms with Gasteiger partial charge in [-0.3, -0.25) is 9.59 Å². The second-order valence-corrected chi connectivity index (χ2v) is 4.14. The molecule has 0 radical (unpaired) electrons. The van der Waals surface area contributed by atoms with Crippen LogP contribution >= 0.6 is 0 Å². The minimum atomic E-state index is -0.273. The quantitative estimate of drug-likeness (QED) is 0.904. The van der Waals surface area contributed by atoms with Crippen molar-refractivity contribution in [1.29, 1.82) is 0 Å². The van der Waals surface area contributed by atoms with E-state index < -0.39 is 0 Å². The van der Waals surface area contributed by atoms with Gasteiger partial charge in [-0.2, -0.15) is 0 Å². The maximum atomic E-state index is 12.0. The number of pyridine rings is 1. The Morgan fingerprint density at radius 2 is 1.95 bits per heavy atom. The van der Waals surface area contributed by atoms with Gasteiger partial charge in [0.15, 0.2) is 0 Å². The van der Waals surface area contributed by atoms with Crippen LogP contribution in [0.15, 0.2) is 53.5 Å². The van der Waals surface area contributed by atoms with Gasteiger partial charge in [0.25, 0.3) is 5.56 Å². The molecular weight excluding hydrogens is 256 g/mol. The van der Waals surface area contributed by atoms with Crippen LogP contribution in [0, 0.1) is 0 Å². The van der Waals surface area contributed by atoms with Gasteiger partial charge in [-0.1, -0.05) is 18.2 Å². The first-order chi connectivity index (χ1) is 9.70. The van der Waals surface area contributed by atoms with Crippen molar-refractivity contribution in [3.63, 3.8) is 0 Å². The third-order valence-corrected chi connectivity index (χ3v) is 2.67. The third kappa shape index (κ3) is 3.47. The van der Waals surface area contributed by atoms with Gasteiger partial charge in [-0.05, 0) is 25.1 Å². The van der Waals surface area contributed by atoms with E-state index in [1.165, 1.54) is 10.6 Å². The molecule has 0 saturated heterocycles. The van der Waals surface area contributed by atoms with Gasteiger partial charge in [0.1, 0.15) is 12.3 Å². The number of anilines is 1.